The number of hydrogen-bond acceptors (Lipinski definition) is 6. The molecule has 0 bridgehead atoms. The van der Waals surface area contributed by atoms with Crippen LogP contribution in [0.15, 0.2) is 0 Å². The molecule has 0 aromatic carbocycles. The Hall–Kier alpha value is -3.19. The summed E-state index contributed by atoms with van der Waals surface area (Å²) in [6, 6.07) is -3.83. The molecule has 5 rings (SSSR count). The molecule has 3 heterocycles. The lowest BCUT2D eigenvalue weighted by Gasteiger charge is -2.45. The van der Waals surface area contributed by atoms with Crippen LogP contribution >= 0.6 is 0 Å². The van der Waals surface area contributed by atoms with Crippen molar-refractivity contribution in [2.24, 2.45) is 29.1 Å². The molecule has 0 unspecified atom stereocenters. The molecule has 0 radical (unpaired) electrons. The lowest BCUT2D eigenvalue weighted by atomic mass is 9.83. The van der Waals surface area contributed by atoms with E-state index in [1.165, 1.54) is 9.80 Å². The van der Waals surface area contributed by atoms with Gasteiger partial charge in [0.15, 0.2) is 0 Å². The molecule has 2 aliphatic carbocycles. The number of halogens is 3. The van der Waals surface area contributed by atoms with Crippen LogP contribution in [0.5, 0.6) is 0 Å². The summed E-state index contributed by atoms with van der Waals surface area (Å²) in [6.45, 7) is 5.24. The molecule has 45 heavy (non-hydrogen) atoms. The molecule has 14 heteroatoms. The summed E-state index contributed by atoms with van der Waals surface area (Å²) in [5.41, 5.74) is -0.140. The van der Waals surface area contributed by atoms with Crippen LogP contribution in [0.3, 0.4) is 0 Å². The summed E-state index contributed by atoms with van der Waals surface area (Å²) >= 11 is 0. The van der Waals surface area contributed by atoms with Gasteiger partial charge in [0.05, 0.1) is 6.04 Å². The van der Waals surface area contributed by atoms with Gasteiger partial charge in [0.1, 0.15) is 12.1 Å². The lowest BCUT2D eigenvalue weighted by Crippen LogP contribution is -2.62. The minimum atomic E-state index is -5.18. The maximum Gasteiger partial charge on any atom is 0.471 e. The topological polar surface area (TPSA) is 145 Å². The Balaban J connectivity index is 1.38. The van der Waals surface area contributed by atoms with Gasteiger partial charge in [-0.05, 0) is 61.7 Å². The molecule has 0 spiro atoms. The first-order valence-corrected chi connectivity index (χ1v) is 16.3. The van der Waals surface area contributed by atoms with Crippen molar-refractivity contribution in [2.75, 3.05) is 26.2 Å². The summed E-state index contributed by atoms with van der Waals surface area (Å²) < 4.78 is 40.0. The van der Waals surface area contributed by atoms with E-state index in [0.717, 1.165) is 19.3 Å². The van der Waals surface area contributed by atoms with E-state index in [2.05, 4.69) is 10.6 Å². The molecule has 3 N–H and O–H groups in total. The van der Waals surface area contributed by atoms with Crippen molar-refractivity contribution in [3.8, 4) is 0 Å². The van der Waals surface area contributed by atoms with Gasteiger partial charge in [0.25, 0.3) is 5.91 Å². The quantitative estimate of drug-likeness (QED) is 0.328. The van der Waals surface area contributed by atoms with Gasteiger partial charge in [-0.25, -0.2) is 0 Å². The Kier molecular flexibility index (Phi) is 9.51. The van der Waals surface area contributed by atoms with E-state index in [1.807, 2.05) is 19.2 Å². The summed E-state index contributed by atoms with van der Waals surface area (Å²) in [7, 11) is 0. The molecule has 5 aliphatic rings. The van der Waals surface area contributed by atoms with Gasteiger partial charge in [-0.3, -0.25) is 28.8 Å². The van der Waals surface area contributed by atoms with E-state index >= 15 is 0 Å². The first-order valence-electron chi connectivity index (χ1n) is 16.3. The average molecular weight is 640 g/mol. The Labute approximate surface area is 260 Å². The van der Waals surface area contributed by atoms with Crippen molar-refractivity contribution in [1.29, 1.82) is 0 Å². The zero-order valence-corrected chi connectivity index (χ0v) is 25.9. The largest absolute Gasteiger partial charge is 0.471 e. The van der Waals surface area contributed by atoms with E-state index < -0.39 is 65.5 Å². The average Bonchev–Trinajstić information content (AvgIpc) is 3.69. The van der Waals surface area contributed by atoms with Crippen LogP contribution in [-0.2, 0) is 28.8 Å². The predicted molar refractivity (Wildman–Crippen MR) is 154 cm³/mol. The van der Waals surface area contributed by atoms with Crippen molar-refractivity contribution in [3.05, 3.63) is 0 Å². The van der Waals surface area contributed by atoms with Crippen LogP contribution in [0.4, 0.5) is 13.2 Å². The number of fused-ring (bicyclic) bond motifs is 1. The normalized spacial score (nSPS) is 29.3. The predicted octanol–water partition coefficient (Wildman–Crippen LogP) is 1.69. The van der Waals surface area contributed by atoms with Crippen LogP contribution in [0.25, 0.3) is 0 Å². The summed E-state index contributed by atoms with van der Waals surface area (Å²) in [5, 5.41) is 7.37. The number of nitrogens with one attached hydrogen (secondary N) is 3. The standard InChI is InChI=1S/C31H44F3N5O6/c1-30(2)15-38(16-30)28(44)24(40)21(13-18-11-12-35-25(18)41)36-26(42)23-20-10-6-9-19(20)14-39(23)27(43)22(17-7-4-3-5-8-17)37-29(45)31(32,33)34/h17-23H,3-16H2,1-2H3,(H,35,41)(H,36,42)(H,37,45)/t18-,19-,20-,21-,22-,23-/m0/s1. The lowest BCUT2D eigenvalue weighted by molar-refractivity contribution is -0.175. The number of amides is 5. The van der Waals surface area contributed by atoms with Crippen LogP contribution in [-0.4, -0.2) is 95.6 Å². The van der Waals surface area contributed by atoms with Gasteiger partial charge in [0.2, 0.25) is 23.5 Å². The van der Waals surface area contributed by atoms with Crippen molar-refractivity contribution in [2.45, 2.75) is 102 Å². The highest BCUT2D eigenvalue weighted by Gasteiger charge is 2.53. The van der Waals surface area contributed by atoms with Crippen molar-refractivity contribution < 1.29 is 41.9 Å². The molecule has 3 saturated heterocycles. The number of carbonyl (C=O) groups excluding carboxylic acids is 6. The number of carbonyl (C=O) groups is 6. The molecular formula is C31H44F3N5O6. The SMILES string of the molecule is CC1(C)CN(C(=O)C(=O)[C@H](C[C@@H]2CCNC2=O)NC(=O)[C@@H]2[C@H]3CCC[C@H]3CN2C(=O)[C@@H](NC(=O)C(F)(F)F)C2CCCCC2)C1. The first-order chi connectivity index (χ1) is 21.2. The third-order valence-electron chi connectivity index (χ3n) is 10.4. The minimum Gasteiger partial charge on any atom is -0.356 e. The van der Waals surface area contributed by atoms with Crippen LogP contribution in [0.2, 0.25) is 0 Å². The number of hydrogen-bond donors (Lipinski definition) is 3. The summed E-state index contributed by atoms with van der Waals surface area (Å²) in [5.74, 6) is -6.89. The Morgan fingerprint density at radius 1 is 0.956 bits per heavy atom. The number of nitrogens with zero attached hydrogens (tertiary/aromatic N) is 2. The minimum absolute atomic E-state index is 0.0604. The second-order valence-corrected chi connectivity index (χ2v) is 14.4. The molecule has 0 aromatic rings. The second-order valence-electron chi connectivity index (χ2n) is 14.4. The molecule has 5 amide bonds. The zero-order chi connectivity index (χ0) is 32.7. The van der Waals surface area contributed by atoms with Gasteiger partial charge >= 0.3 is 12.1 Å². The second kappa shape index (κ2) is 12.9. The molecule has 3 aliphatic heterocycles. The third kappa shape index (κ3) is 7.14. The third-order valence-corrected chi connectivity index (χ3v) is 10.4. The fraction of sp³-hybridized carbons (Fsp3) is 0.806. The fourth-order valence-corrected chi connectivity index (χ4v) is 8.20. The van der Waals surface area contributed by atoms with Crippen LogP contribution in [0, 0.1) is 29.1 Å². The number of ketones is 1. The summed E-state index contributed by atoms with van der Waals surface area (Å²) in [6.07, 6.45) is 0.587. The monoisotopic (exact) mass is 639 g/mol. The molecular weight excluding hydrogens is 595 g/mol. The molecule has 5 fully saturated rings. The molecule has 250 valence electrons. The highest BCUT2D eigenvalue weighted by Crippen LogP contribution is 2.43. The summed E-state index contributed by atoms with van der Waals surface area (Å²) in [4.78, 5) is 82.0. The van der Waals surface area contributed by atoms with E-state index in [4.69, 9.17) is 0 Å². The van der Waals surface area contributed by atoms with E-state index in [-0.39, 0.29) is 36.1 Å². The molecule has 2 saturated carbocycles. The number of alkyl halides is 3. The Bertz CT molecular complexity index is 1210. The Morgan fingerprint density at radius 2 is 1.64 bits per heavy atom. The maximum atomic E-state index is 14.1. The fourth-order valence-electron chi connectivity index (χ4n) is 8.20. The smallest absolute Gasteiger partial charge is 0.356 e. The molecule has 0 aromatic heterocycles. The number of Topliss-reactive ketones (excluding diaryl/α,β-unsaturated/α-hetero) is 1. The molecule has 11 nitrogen and oxygen atoms in total. The van der Waals surface area contributed by atoms with Crippen molar-refractivity contribution in [3.63, 3.8) is 0 Å². The highest BCUT2D eigenvalue weighted by atomic mass is 19.4. The van der Waals surface area contributed by atoms with Gasteiger partial charge in [-0.15, -0.1) is 0 Å². The maximum absolute atomic E-state index is 14.1. The van der Waals surface area contributed by atoms with Crippen LogP contribution < -0.4 is 16.0 Å². The Morgan fingerprint density at radius 3 is 2.24 bits per heavy atom. The van der Waals surface area contributed by atoms with Gasteiger partial charge in [-0.1, -0.05) is 39.5 Å². The van der Waals surface area contributed by atoms with E-state index in [1.54, 1.807) is 0 Å². The van der Waals surface area contributed by atoms with E-state index in [9.17, 15) is 41.9 Å². The number of rotatable bonds is 9. The van der Waals surface area contributed by atoms with Gasteiger partial charge < -0.3 is 25.8 Å². The zero-order valence-electron chi connectivity index (χ0n) is 25.9. The highest BCUT2D eigenvalue weighted by molar-refractivity contribution is 6.38. The van der Waals surface area contributed by atoms with E-state index in [0.29, 0.717) is 58.2 Å². The first kappa shape index (κ1) is 33.2. The van der Waals surface area contributed by atoms with Gasteiger partial charge in [0, 0.05) is 32.1 Å². The van der Waals surface area contributed by atoms with Gasteiger partial charge in [-0.2, -0.15) is 13.2 Å². The van der Waals surface area contributed by atoms with Crippen molar-refractivity contribution >= 4 is 35.3 Å². The molecule has 6 atom stereocenters. The van der Waals surface area contributed by atoms with Crippen molar-refractivity contribution in [1.82, 2.24) is 25.8 Å². The number of likely N-dealkylation sites (tertiary alicyclic amines) is 2. The van der Waals surface area contributed by atoms with Crippen LogP contribution in [0.1, 0.15) is 78.1 Å².